The molecular formula is C27H20ClN3O5. The molecular weight excluding hydrogens is 482 g/mol. The number of oxazole rings is 1. The molecule has 0 aliphatic carbocycles. The molecule has 3 amide bonds. The number of imide groups is 1. The van der Waals surface area contributed by atoms with Gasteiger partial charge in [-0.25, -0.2) is 4.98 Å². The Morgan fingerprint density at radius 2 is 1.92 bits per heavy atom. The van der Waals surface area contributed by atoms with Crippen LogP contribution in [0.15, 0.2) is 65.1 Å². The molecule has 0 bridgehead atoms. The lowest BCUT2D eigenvalue weighted by molar-refractivity contribution is 0.0475. The van der Waals surface area contributed by atoms with Gasteiger partial charge in [0.2, 0.25) is 5.89 Å². The number of aromatic nitrogens is 1. The van der Waals surface area contributed by atoms with E-state index in [2.05, 4.69) is 10.3 Å². The van der Waals surface area contributed by atoms with E-state index in [-0.39, 0.29) is 29.7 Å². The molecule has 1 aromatic heterocycles. The van der Waals surface area contributed by atoms with Crippen LogP contribution in [0.1, 0.15) is 43.9 Å². The van der Waals surface area contributed by atoms with E-state index >= 15 is 0 Å². The highest BCUT2D eigenvalue weighted by Crippen LogP contribution is 2.29. The predicted octanol–water partition coefficient (Wildman–Crippen LogP) is 5.18. The minimum atomic E-state index is -0.405. The largest absolute Gasteiger partial charge is 0.436 e. The van der Waals surface area contributed by atoms with Gasteiger partial charge in [-0.3, -0.25) is 19.3 Å². The number of nitrogens with one attached hydrogen (secondary N) is 1. The summed E-state index contributed by atoms with van der Waals surface area (Å²) in [6, 6.07) is 16.8. The van der Waals surface area contributed by atoms with Gasteiger partial charge in [-0.05, 0) is 67.4 Å². The first-order valence-corrected chi connectivity index (χ1v) is 11.9. The Bertz CT molecular complexity index is 1540. The Balaban J connectivity index is 1.21. The molecule has 9 heteroatoms. The smallest absolute Gasteiger partial charge is 0.261 e. The van der Waals surface area contributed by atoms with Crippen molar-refractivity contribution in [1.82, 2.24) is 9.88 Å². The van der Waals surface area contributed by atoms with Gasteiger partial charge >= 0.3 is 0 Å². The summed E-state index contributed by atoms with van der Waals surface area (Å²) in [7, 11) is 0. The highest BCUT2D eigenvalue weighted by molar-refractivity contribution is 6.31. The van der Waals surface area contributed by atoms with Gasteiger partial charge in [-0.2, -0.15) is 0 Å². The minimum Gasteiger partial charge on any atom is -0.436 e. The van der Waals surface area contributed by atoms with Gasteiger partial charge < -0.3 is 14.5 Å². The lowest BCUT2D eigenvalue weighted by atomic mass is 10.1. The van der Waals surface area contributed by atoms with Crippen LogP contribution in [0.25, 0.3) is 22.6 Å². The standard InChI is InChI=1S/C27H20ClN3O5/c28-17-7-9-23-22(13-17)30-25(36-23)16-3-1-4-18(11-16)29-24(32)15-6-8-20-21(12-15)27(34)31(26(20)33)14-19-5-2-10-35-19/h1,3-4,6-9,11-13,19H,2,5,10,14H2,(H,29,32). The maximum Gasteiger partial charge on any atom is 0.261 e. The number of nitrogens with zero attached hydrogens (tertiary/aromatic N) is 2. The summed E-state index contributed by atoms with van der Waals surface area (Å²) >= 11 is 6.04. The monoisotopic (exact) mass is 501 g/mol. The van der Waals surface area contributed by atoms with Gasteiger partial charge in [0.25, 0.3) is 17.7 Å². The minimum absolute atomic E-state index is 0.138. The number of benzene rings is 3. The Morgan fingerprint density at radius 1 is 1.06 bits per heavy atom. The van der Waals surface area contributed by atoms with E-state index in [9.17, 15) is 14.4 Å². The van der Waals surface area contributed by atoms with Crippen molar-refractivity contribution in [2.75, 3.05) is 18.5 Å². The van der Waals surface area contributed by atoms with Crippen molar-refractivity contribution >= 4 is 46.1 Å². The summed E-state index contributed by atoms with van der Waals surface area (Å²) in [5.74, 6) is -0.767. The summed E-state index contributed by atoms with van der Waals surface area (Å²) in [4.78, 5) is 44.3. The van der Waals surface area contributed by atoms with Crippen LogP contribution in [0.2, 0.25) is 5.02 Å². The predicted molar refractivity (Wildman–Crippen MR) is 133 cm³/mol. The molecule has 1 fully saturated rings. The fourth-order valence-corrected chi connectivity index (χ4v) is 4.71. The molecule has 3 heterocycles. The average molecular weight is 502 g/mol. The molecule has 36 heavy (non-hydrogen) atoms. The molecule has 2 aliphatic heterocycles. The zero-order valence-electron chi connectivity index (χ0n) is 19.0. The molecule has 1 saturated heterocycles. The van der Waals surface area contributed by atoms with Gasteiger partial charge in [0, 0.05) is 28.4 Å². The fourth-order valence-electron chi connectivity index (χ4n) is 4.55. The third kappa shape index (κ3) is 4.04. The molecule has 6 rings (SSSR count). The van der Waals surface area contributed by atoms with Crippen LogP contribution in [0, 0.1) is 0 Å². The normalized spacial score (nSPS) is 17.1. The van der Waals surface area contributed by atoms with Crippen LogP contribution in [-0.2, 0) is 4.74 Å². The number of rotatable bonds is 5. The van der Waals surface area contributed by atoms with E-state index in [1.54, 1.807) is 42.5 Å². The first-order chi connectivity index (χ1) is 17.5. The first kappa shape index (κ1) is 22.5. The number of hydrogen-bond donors (Lipinski definition) is 1. The Labute approximate surface area is 210 Å². The zero-order valence-corrected chi connectivity index (χ0v) is 19.7. The molecule has 3 aromatic carbocycles. The van der Waals surface area contributed by atoms with E-state index in [1.165, 1.54) is 17.0 Å². The number of carbonyl (C=O) groups excluding carboxylic acids is 3. The van der Waals surface area contributed by atoms with Crippen molar-refractivity contribution in [2.24, 2.45) is 0 Å². The van der Waals surface area contributed by atoms with Crippen LogP contribution in [-0.4, -0.2) is 46.9 Å². The van der Waals surface area contributed by atoms with Crippen molar-refractivity contribution in [3.05, 3.63) is 82.4 Å². The molecule has 1 atom stereocenters. The van der Waals surface area contributed by atoms with Crippen LogP contribution >= 0.6 is 11.6 Å². The Hall–Kier alpha value is -4.01. The van der Waals surface area contributed by atoms with Crippen molar-refractivity contribution in [3.63, 3.8) is 0 Å². The number of amides is 3. The van der Waals surface area contributed by atoms with Crippen molar-refractivity contribution in [1.29, 1.82) is 0 Å². The molecule has 0 radical (unpaired) electrons. The van der Waals surface area contributed by atoms with Crippen LogP contribution in [0.4, 0.5) is 5.69 Å². The Kier molecular flexibility index (Phi) is 5.55. The topological polar surface area (TPSA) is 102 Å². The van der Waals surface area contributed by atoms with Crippen molar-refractivity contribution < 1.29 is 23.5 Å². The molecule has 0 saturated carbocycles. The van der Waals surface area contributed by atoms with Gasteiger partial charge in [0.05, 0.1) is 23.8 Å². The highest BCUT2D eigenvalue weighted by atomic mass is 35.5. The summed E-state index contributed by atoms with van der Waals surface area (Å²) in [6.45, 7) is 0.864. The average Bonchev–Trinajstić information content (AvgIpc) is 3.60. The second-order valence-corrected chi connectivity index (χ2v) is 9.22. The number of fused-ring (bicyclic) bond motifs is 2. The molecule has 4 aromatic rings. The Morgan fingerprint density at radius 3 is 2.75 bits per heavy atom. The van der Waals surface area contributed by atoms with Crippen molar-refractivity contribution in [2.45, 2.75) is 18.9 Å². The number of carbonyl (C=O) groups is 3. The van der Waals surface area contributed by atoms with Crippen LogP contribution in [0.3, 0.4) is 0 Å². The highest BCUT2D eigenvalue weighted by Gasteiger charge is 2.38. The third-order valence-electron chi connectivity index (χ3n) is 6.36. The van der Waals surface area contributed by atoms with E-state index in [4.69, 9.17) is 20.8 Å². The molecule has 1 unspecified atom stereocenters. The van der Waals surface area contributed by atoms with Crippen LogP contribution in [0.5, 0.6) is 0 Å². The van der Waals surface area contributed by atoms with Gasteiger partial charge in [0.1, 0.15) is 5.52 Å². The van der Waals surface area contributed by atoms with E-state index in [0.717, 1.165) is 12.8 Å². The number of halogens is 1. The van der Waals surface area contributed by atoms with E-state index < -0.39 is 11.8 Å². The van der Waals surface area contributed by atoms with Crippen LogP contribution < -0.4 is 5.32 Å². The first-order valence-electron chi connectivity index (χ1n) is 11.6. The number of hydrogen-bond acceptors (Lipinski definition) is 6. The molecule has 2 aliphatic rings. The van der Waals surface area contributed by atoms with Gasteiger partial charge in [-0.15, -0.1) is 0 Å². The lowest BCUT2D eigenvalue weighted by Gasteiger charge is -2.17. The fraction of sp³-hybridized carbons (Fsp3) is 0.185. The molecule has 8 nitrogen and oxygen atoms in total. The van der Waals surface area contributed by atoms with Gasteiger partial charge in [0.15, 0.2) is 5.58 Å². The zero-order chi connectivity index (χ0) is 24.8. The van der Waals surface area contributed by atoms with E-state index in [1.807, 2.05) is 6.07 Å². The summed E-state index contributed by atoms with van der Waals surface area (Å²) in [5.41, 5.74) is 3.25. The second-order valence-electron chi connectivity index (χ2n) is 8.78. The SMILES string of the molecule is O=C(Nc1cccc(-c2nc3cc(Cl)ccc3o2)c1)c1ccc2c(c1)C(=O)N(CC1CCCO1)C2=O. The quantitative estimate of drug-likeness (QED) is 0.378. The summed E-state index contributed by atoms with van der Waals surface area (Å²) in [5, 5.41) is 3.40. The maximum absolute atomic E-state index is 13.0. The molecule has 180 valence electrons. The summed E-state index contributed by atoms with van der Waals surface area (Å²) < 4.78 is 11.4. The third-order valence-corrected chi connectivity index (χ3v) is 6.60. The van der Waals surface area contributed by atoms with Gasteiger partial charge in [-0.1, -0.05) is 17.7 Å². The maximum atomic E-state index is 13.0. The molecule has 1 N–H and O–H groups in total. The van der Waals surface area contributed by atoms with Crippen molar-refractivity contribution in [3.8, 4) is 11.5 Å². The number of anilines is 1. The molecule has 0 spiro atoms. The number of ether oxygens (including phenoxy) is 1. The lowest BCUT2D eigenvalue weighted by Crippen LogP contribution is -2.36. The van der Waals surface area contributed by atoms with E-state index in [0.29, 0.717) is 45.4 Å². The summed E-state index contributed by atoms with van der Waals surface area (Å²) in [6.07, 6.45) is 1.60. The second kappa shape index (κ2) is 8.89.